The van der Waals surface area contributed by atoms with E-state index in [9.17, 15) is 0 Å². The lowest BCUT2D eigenvalue weighted by Gasteiger charge is -2.33. The SMILES string of the molecule is c1ccc2c(c1)Oc1cccc3c1B2c1cc(-c2ccccc2-c2c4ccccc4cc4c2ccc2ccccc24)ccc1O3. The fourth-order valence-corrected chi connectivity index (χ4v) is 7.61. The summed E-state index contributed by atoms with van der Waals surface area (Å²) < 4.78 is 12.9. The molecule has 0 saturated carbocycles. The topological polar surface area (TPSA) is 18.5 Å². The maximum Gasteiger partial charge on any atom is 0.260 e. The van der Waals surface area contributed by atoms with Crippen molar-refractivity contribution in [1.29, 1.82) is 0 Å². The van der Waals surface area contributed by atoms with Crippen molar-refractivity contribution in [3.8, 4) is 45.3 Å². The number of hydrogen-bond donors (Lipinski definition) is 0. The third-order valence-corrected chi connectivity index (χ3v) is 9.58. The highest BCUT2D eigenvalue weighted by Crippen LogP contribution is 2.43. The summed E-state index contributed by atoms with van der Waals surface area (Å²) in [4.78, 5) is 0. The van der Waals surface area contributed by atoms with Crippen LogP contribution in [0.2, 0.25) is 0 Å². The summed E-state index contributed by atoms with van der Waals surface area (Å²) in [6.45, 7) is 0.0294. The molecule has 0 atom stereocenters. The van der Waals surface area contributed by atoms with Gasteiger partial charge in [-0.2, -0.15) is 0 Å². The molecule has 3 heteroatoms. The Morgan fingerprint density at radius 1 is 0.378 bits per heavy atom. The molecule has 0 unspecified atom stereocenters. The Hall–Kier alpha value is -5.80. The van der Waals surface area contributed by atoms with Gasteiger partial charge in [0.25, 0.3) is 6.71 Å². The van der Waals surface area contributed by atoms with Crippen molar-refractivity contribution in [2.45, 2.75) is 0 Å². The maximum atomic E-state index is 6.52. The van der Waals surface area contributed by atoms with Crippen LogP contribution in [0.3, 0.4) is 0 Å². The molecule has 0 N–H and O–H groups in total. The molecule has 0 saturated heterocycles. The first-order valence-corrected chi connectivity index (χ1v) is 15.5. The first-order valence-electron chi connectivity index (χ1n) is 15.5. The number of fused-ring (bicyclic) bond motifs is 8. The maximum absolute atomic E-state index is 6.52. The molecule has 0 aliphatic carbocycles. The molecule has 8 aromatic carbocycles. The molecule has 10 rings (SSSR count). The summed E-state index contributed by atoms with van der Waals surface area (Å²) in [5.74, 6) is 3.52. The van der Waals surface area contributed by atoms with Crippen molar-refractivity contribution in [2.75, 3.05) is 0 Å². The predicted molar refractivity (Wildman–Crippen MR) is 188 cm³/mol. The van der Waals surface area contributed by atoms with Gasteiger partial charge in [0.1, 0.15) is 23.0 Å². The van der Waals surface area contributed by atoms with Gasteiger partial charge in [-0.05, 0) is 95.8 Å². The zero-order chi connectivity index (χ0) is 29.5. The minimum absolute atomic E-state index is 0.0294. The molecule has 8 aromatic rings. The van der Waals surface area contributed by atoms with Gasteiger partial charge in [-0.15, -0.1) is 0 Å². The Balaban J connectivity index is 1.23. The zero-order valence-corrected chi connectivity index (χ0v) is 24.3. The molecule has 45 heavy (non-hydrogen) atoms. The molecule has 2 heterocycles. The van der Waals surface area contributed by atoms with E-state index in [-0.39, 0.29) is 6.71 Å². The van der Waals surface area contributed by atoms with E-state index in [0.717, 1.165) is 33.9 Å². The second kappa shape index (κ2) is 9.35. The molecule has 208 valence electrons. The summed E-state index contributed by atoms with van der Waals surface area (Å²) in [7, 11) is 0. The van der Waals surface area contributed by atoms with E-state index in [4.69, 9.17) is 9.47 Å². The predicted octanol–water partition coefficient (Wildman–Crippen LogP) is 9.21. The van der Waals surface area contributed by atoms with Gasteiger partial charge in [0.15, 0.2) is 0 Å². The van der Waals surface area contributed by atoms with E-state index in [1.165, 1.54) is 60.0 Å². The summed E-state index contributed by atoms with van der Waals surface area (Å²) in [6.07, 6.45) is 0. The highest BCUT2D eigenvalue weighted by atomic mass is 16.5. The fraction of sp³-hybridized carbons (Fsp3) is 0. The van der Waals surface area contributed by atoms with Crippen LogP contribution in [0.4, 0.5) is 0 Å². The van der Waals surface area contributed by atoms with Gasteiger partial charge in [0, 0.05) is 5.46 Å². The Morgan fingerprint density at radius 2 is 1.04 bits per heavy atom. The molecule has 0 amide bonds. The lowest BCUT2D eigenvalue weighted by molar-refractivity contribution is 0.464. The van der Waals surface area contributed by atoms with Crippen LogP contribution in [0.15, 0.2) is 152 Å². The van der Waals surface area contributed by atoms with Crippen LogP contribution in [0.5, 0.6) is 23.0 Å². The third kappa shape index (κ3) is 3.58. The Morgan fingerprint density at radius 3 is 1.91 bits per heavy atom. The van der Waals surface area contributed by atoms with Gasteiger partial charge in [0.2, 0.25) is 0 Å². The van der Waals surface area contributed by atoms with Crippen molar-refractivity contribution >= 4 is 55.4 Å². The van der Waals surface area contributed by atoms with Crippen LogP contribution in [0.25, 0.3) is 54.6 Å². The number of hydrogen-bond acceptors (Lipinski definition) is 2. The summed E-state index contributed by atoms with van der Waals surface area (Å²) >= 11 is 0. The highest BCUT2D eigenvalue weighted by Gasteiger charge is 2.40. The second-order valence-electron chi connectivity index (χ2n) is 12.0. The van der Waals surface area contributed by atoms with E-state index in [0.29, 0.717) is 0 Å². The van der Waals surface area contributed by atoms with Crippen molar-refractivity contribution in [3.63, 3.8) is 0 Å². The van der Waals surface area contributed by atoms with Gasteiger partial charge < -0.3 is 9.47 Å². The van der Waals surface area contributed by atoms with Crippen molar-refractivity contribution < 1.29 is 9.47 Å². The van der Waals surface area contributed by atoms with Gasteiger partial charge in [-0.1, -0.05) is 121 Å². The first kappa shape index (κ1) is 24.6. The van der Waals surface area contributed by atoms with Crippen molar-refractivity contribution in [2.24, 2.45) is 0 Å². The highest BCUT2D eigenvalue weighted by molar-refractivity contribution is 6.98. The van der Waals surface area contributed by atoms with E-state index >= 15 is 0 Å². The van der Waals surface area contributed by atoms with Crippen molar-refractivity contribution in [1.82, 2.24) is 0 Å². The zero-order valence-electron chi connectivity index (χ0n) is 24.3. The third-order valence-electron chi connectivity index (χ3n) is 9.58. The van der Waals surface area contributed by atoms with Crippen LogP contribution < -0.4 is 25.9 Å². The van der Waals surface area contributed by atoms with Gasteiger partial charge in [-0.25, -0.2) is 0 Å². The summed E-state index contributed by atoms with van der Waals surface area (Å²) in [5, 5.41) is 7.57. The van der Waals surface area contributed by atoms with E-state index in [2.05, 4.69) is 127 Å². The van der Waals surface area contributed by atoms with Crippen molar-refractivity contribution in [3.05, 3.63) is 152 Å². The van der Waals surface area contributed by atoms with Gasteiger partial charge in [0.05, 0.1) is 0 Å². The fourth-order valence-electron chi connectivity index (χ4n) is 7.61. The lowest BCUT2D eigenvalue weighted by atomic mass is 9.35. The lowest BCUT2D eigenvalue weighted by Crippen LogP contribution is -2.57. The minimum Gasteiger partial charge on any atom is -0.458 e. The van der Waals surface area contributed by atoms with Crippen LogP contribution in [-0.2, 0) is 0 Å². The van der Waals surface area contributed by atoms with E-state index < -0.39 is 0 Å². The molecule has 0 fully saturated rings. The van der Waals surface area contributed by atoms with Gasteiger partial charge in [-0.3, -0.25) is 0 Å². The molecule has 0 radical (unpaired) electrons. The smallest absolute Gasteiger partial charge is 0.260 e. The van der Waals surface area contributed by atoms with Crippen LogP contribution in [-0.4, -0.2) is 6.71 Å². The van der Waals surface area contributed by atoms with Crippen LogP contribution in [0.1, 0.15) is 0 Å². The molecule has 0 spiro atoms. The Kier molecular flexibility index (Phi) is 5.12. The van der Waals surface area contributed by atoms with Gasteiger partial charge >= 0.3 is 0 Å². The molecule has 0 bridgehead atoms. The monoisotopic (exact) mass is 572 g/mol. The molecule has 2 aliphatic rings. The van der Waals surface area contributed by atoms with Crippen LogP contribution >= 0.6 is 0 Å². The standard InChI is InChI=1S/C42H25BO2/c1-3-12-29-26(10-1)20-22-33-34(29)24-27-11-2-4-14-31(27)41(33)32-15-6-5-13-30(32)28-21-23-38-36(25-28)43-35-16-7-8-17-37(35)44-39-18-9-19-40(45-38)42(39)43/h1-25H. The normalized spacial score (nSPS) is 12.8. The minimum atomic E-state index is 0.0294. The summed E-state index contributed by atoms with van der Waals surface area (Å²) in [5.41, 5.74) is 8.28. The van der Waals surface area contributed by atoms with E-state index in [1.807, 2.05) is 24.3 Å². The average molecular weight is 572 g/mol. The quantitative estimate of drug-likeness (QED) is 0.117. The molecule has 2 nitrogen and oxygen atoms in total. The number of para-hydroxylation sites is 1. The average Bonchev–Trinajstić information content (AvgIpc) is 3.10. The second-order valence-corrected chi connectivity index (χ2v) is 12.0. The number of ether oxygens (including phenoxy) is 2. The molecular formula is C42H25BO2. The Labute approximate surface area is 261 Å². The van der Waals surface area contributed by atoms with Crippen LogP contribution in [0, 0.1) is 0 Å². The first-order chi connectivity index (χ1) is 22.3. The Bertz CT molecular complexity index is 2500. The molecule has 0 aromatic heterocycles. The molecule has 2 aliphatic heterocycles. The molecular weight excluding hydrogens is 547 g/mol. The number of benzene rings is 8. The largest absolute Gasteiger partial charge is 0.458 e. The van der Waals surface area contributed by atoms with E-state index in [1.54, 1.807) is 0 Å². The number of rotatable bonds is 2. The summed E-state index contributed by atoms with van der Waals surface area (Å²) in [6, 6.07) is 54.4.